The monoisotopic (exact) mass is 1180 g/mol. The quantitative estimate of drug-likeness (QED) is 0.0153. The van der Waals surface area contributed by atoms with E-state index in [1.54, 1.807) is 0 Å². The van der Waals surface area contributed by atoms with Gasteiger partial charge in [-0.05, 0) is 116 Å². The molecule has 0 saturated heterocycles. The summed E-state index contributed by atoms with van der Waals surface area (Å²) >= 11 is 0. The first-order valence-electron chi connectivity index (χ1n) is 27.5. The minimum Gasteiger partial charge on any atom is -0.370 e. The molecule has 0 unspecified atom stereocenters. The van der Waals surface area contributed by atoms with Crippen LogP contribution >= 0.6 is 0 Å². The number of nitrogens with two attached hydrogens (primary N) is 10. The molecule has 0 aromatic carbocycles. The predicted octanol–water partition coefficient (Wildman–Crippen LogP) is -8.97. The van der Waals surface area contributed by atoms with Crippen LogP contribution in [0.15, 0.2) is 0 Å². The van der Waals surface area contributed by atoms with Crippen LogP contribution in [0.1, 0.15) is 116 Å². The number of carbonyl (C=O) groups excluding carboxylic acids is 9. The number of carbonyl (C=O) groups is 9. The Kier molecular flexibility index (Phi) is 38.8. The van der Waals surface area contributed by atoms with Crippen LogP contribution < -0.4 is 121 Å². The van der Waals surface area contributed by atoms with Gasteiger partial charge < -0.3 is 121 Å². The van der Waals surface area contributed by atoms with E-state index in [1.807, 2.05) is 0 Å². The largest absolute Gasteiger partial charge is 0.370 e. The van der Waals surface area contributed by atoms with Gasteiger partial charge in [-0.2, -0.15) is 0 Å². The fraction of sp³-hybridized carbons (Fsp3) is 0.702. The first kappa shape index (κ1) is 74.5. The maximum Gasteiger partial charge on any atom is 0.243 e. The summed E-state index contributed by atoms with van der Waals surface area (Å²) in [5, 5.41) is 68.7. The van der Waals surface area contributed by atoms with E-state index in [2.05, 4.69) is 63.8 Å². The Bertz CT molecular complexity index is 2140. The van der Waals surface area contributed by atoms with Crippen molar-refractivity contribution in [1.29, 1.82) is 27.0 Å². The molecule has 0 heterocycles. The lowest BCUT2D eigenvalue weighted by Crippen LogP contribution is -2.60. The molecule has 0 saturated carbocycles. The Morgan fingerprint density at radius 2 is 0.530 bits per heavy atom. The van der Waals surface area contributed by atoms with Crippen LogP contribution in [-0.2, 0) is 43.2 Å². The zero-order valence-corrected chi connectivity index (χ0v) is 47.2. The van der Waals surface area contributed by atoms with Crippen molar-refractivity contribution in [2.45, 2.75) is 164 Å². The lowest BCUT2D eigenvalue weighted by atomic mass is 10.0. The van der Waals surface area contributed by atoms with Crippen molar-refractivity contribution in [2.24, 2.45) is 57.3 Å². The topological polar surface area (TPSA) is 677 Å². The van der Waals surface area contributed by atoms with Crippen molar-refractivity contribution in [3.8, 4) is 0 Å². The highest BCUT2D eigenvalue weighted by molar-refractivity contribution is 5.98. The van der Waals surface area contributed by atoms with Gasteiger partial charge in [0.15, 0.2) is 29.8 Å². The standard InChI is InChI=1S/C47H95N27O9/c48-19-3-1-10-26(50)36(77)69-28(11-2-4-20-49)38(79)70-30(14-7-23-65-45(57)58)39(80)71-31(15-8-24-66-46(59)60)40(81)72-32(16-9-25-67-47(61)62)41(82)74-33(17-18-34(51)75)42(83)73-29(13-6-22-64-44(55)56)37(78)68-27(35(52)76)12-5-21-63-43(53)54/h26-33H,1-25,48-50H2,(H2,51,75)(H2,52,76)(H,68,78)(H,69,77)(H,70,79)(H,71,80)(H,72,81)(H,73,83)(H,74,82)(H4,53,54,63)(H4,55,56,64)(H4,57,58,65)(H4,59,60,66)(H4,61,62,67)/t26-,27-,28-,29-,30-,31-,32-,33-/m0/s1. The van der Waals surface area contributed by atoms with Crippen LogP contribution in [0, 0.1) is 27.0 Å². The summed E-state index contributed by atoms with van der Waals surface area (Å²) in [6.45, 7) is 1.04. The molecule has 0 fully saturated rings. The van der Waals surface area contributed by atoms with Gasteiger partial charge in [0.2, 0.25) is 53.2 Å². The highest BCUT2D eigenvalue weighted by Crippen LogP contribution is 2.11. The van der Waals surface area contributed by atoms with Gasteiger partial charge in [-0.1, -0.05) is 6.42 Å². The lowest BCUT2D eigenvalue weighted by molar-refractivity contribution is -0.136. The molecule has 0 aliphatic carbocycles. The summed E-state index contributed by atoms with van der Waals surface area (Å²) in [5.74, 6) is -9.76. The van der Waals surface area contributed by atoms with Crippen LogP contribution in [0.4, 0.5) is 0 Å². The van der Waals surface area contributed by atoms with E-state index in [0.29, 0.717) is 45.2 Å². The van der Waals surface area contributed by atoms with Crippen LogP contribution in [0.5, 0.6) is 0 Å². The number of rotatable bonds is 46. The Morgan fingerprint density at radius 1 is 0.301 bits per heavy atom. The van der Waals surface area contributed by atoms with Gasteiger partial charge in [0.25, 0.3) is 0 Å². The van der Waals surface area contributed by atoms with Crippen LogP contribution in [0.25, 0.3) is 0 Å². The molecule has 0 aliphatic rings. The van der Waals surface area contributed by atoms with Gasteiger partial charge in [-0.3, -0.25) is 70.2 Å². The van der Waals surface area contributed by atoms with Gasteiger partial charge in [0.1, 0.15) is 42.3 Å². The third-order valence-corrected chi connectivity index (χ3v) is 12.3. The summed E-state index contributed by atoms with van der Waals surface area (Å²) in [7, 11) is 0. The number of nitrogens with one attached hydrogen (secondary N) is 17. The van der Waals surface area contributed by atoms with Crippen molar-refractivity contribution in [2.75, 3.05) is 45.8 Å². The Morgan fingerprint density at radius 3 is 0.783 bits per heavy atom. The Labute approximate surface area is 482 Å². The summed E-state index contributed by atoms with van der Waals surface area (Å²) in [4.78, 5) is 123. The van der Waals surface area contributed by atoms with E-state index >= 15 is 0 Å². The molecule has 0 aromatic rings. The van der Waals surface area contributed by atoms with Crippen LogP contribution in [0.2, 0.25) is 0 Å². The number of hydrogen-bond acceptors (Lipinski definition) is 17. The first-order chi connectivity index (χ1) is 39.2. The summed E-state index contributed by atoms with van der Waals surface area (Å²) in [6.07, 6.45) is 1.66. The molecule has 0 radical (unpaired) electrons. The van der Waals surface area contributed by atoms with E-state index in [0.717, 1.165) is 0 Å². The van der Waals surface area contributed by atoms with Crippen molar-refractivity contribution in [3.05, 3.63) is 0 Å². The maximum absolute atomic E-state index is 14.5. The zero-order chi connectivity index (χ0) is 62.9. The van der Waals surface area contributed by atoms with Crippen molar-refractivity contribution in [3.63, 3.8) is 0 Å². The zero-order valence-electron chi connectivity index (χ0n) is 47.2. The average Bonchev–Trinajstić information content (AvgIpc) is 3.48. The highest BCUT2D eigenvalue weighted by Gasteiger charge is 2.34. The Hall–Kier alpha value is -8.54. The lowest BCUT2D eigenvalue weighted by Gasteiger charge is -2.28. The van der Waals surface area contributed by atoms with Gasteiger partial charge >= 0.3 is 0 Å². The minimum absolute atomic E-state index is 0.00116. The van der Waals surface area contributed by atoms with Crippen LogP contribution in [-0.4, -0.2) is 177 Å². The van der Waals surface area contributed by atoms with E-state index in [1.165, 1.54) is 0 Å². The number of amides is 9. The molecule has 472 valence electrons. The molecule has 0 rings (SSSR count). The second-order valence-corrected chi connectivity index (χ2v) is 19.4. The van der Waals surface area contributed by atoms with Crippen molar-refractivity contribution < 1.29 is 43.2 Å². The molecule has 83 heavy (non-hydrogen) atoms. The molecule has 36 heteroatoms. The molecule has 9 amide bonds. The van der Waals surface area contributed by atoms with Crippen molar-refractivity contribution >= 4 is 83.0 Å². The van der Waals surface area contributed by atoms with Crippen LogP contribution in [0.3, 0.4) is 0 Å². The predicted molar refractivity (Wildman–Crippen MR) is 311 cm³/mol. The molecule has 0 aliphatic heterocycles. The fourth-order valence-electron chi connectivity index (χ4n) is 7.88. The van der Waals surface area contributed by atoms with Gasteiger partial charge in [-0.25, -0.2) is 0 Å². The number of primary amides is 2. The Balaban J connectivity index is 7.22. The number of hydrogen-bond donors (Lipinski definition) is 27. The summed E-state index contributed by atoms with van der Waals surface area (Å²) in [5.41, 5.74) is 55.7. The molecule has 0 spiro atoms. The summed E-state index contributed by atoms with van der Waals surface area (Å²) in [6, 6.07) is -10.8. The molecular weight excluding hydrogens is 1090 g/mol. The molecule has 37 N–H and O–H groups in total. The molecule has 8 atom stereocenters. The SMILES string of the molecule is N=C(N)NCCC[C@H](NC(=O)[C@H](CCCNC(=N)N)NC(=O)[C@H](CCC(N)=O)NC(=O)[C@H](CCCNC(=N)N)NC(=O)[C@H](CCCNC(=N)N)NC(=O)[C@H](CCCNC(=N)N)NC(=O)[C@H](CCCCN)NC(=O)[C@@H](N)CCCCN)C(N)=O. The average molecular weight is 1180 g/mol. The third kappa shape index (κ3) is 36.4. The molecule has 36 nitrogen and oxygen atoms in total. The first-order valence-corrected chi connectivity index (χ1v) is 27.5. The minimum atomic E-state index is -1.62. The van der Waals surface area contributed by atoms with E-state index < -0.39 is 126 Å². The number of unbranched alkanes of at least 4 members (excludes halogenated alkanes) is 2. The van der Waals surface area contributed by atoms with Gasteiger partial charge in [0.05, 0.1) is 6.04 Å². The van der Waals surface area contributed by atoms with E-state index in [4.69, 9.17) is 84.4 Å². The van der Waals surface area contributed by atoms with E-state index in [9.17, 15) is 43.2 Å². The summed E-state index contributed by atoms with van der Waals surface area (Å²) < 4.78 is 0. The fourth-order valence-corrected chi connectivity index (χ4v) is 7.88. The normalized spacial score (nSPS) is 13.6. The van der Waals surface area contributed by atoms with Gasteiger partial charge in [0, 0.05) is 39.1 Å². The molecule has 0 bridgehead atoms. The highest BCUT2D eigenvalue weighted by atomic mass is 16.2. The third-order valence-electron chi connectivity index (χ3n) is 12.3. The van der Waals surface area contributed by atoms with E-state index in [-0.39, 0.29) is 121 Å². The second-order valence-electron chi connectivity index (χ2n) is 19.4. The number of guanidine groups is 5. The van der Waals surface area contributed by atoms with Crippen molar-refractivity contribution in [1.82, 2.24) is 63.8 Å². The second kappa shape index (κ2) is 43.2. The van der Waals surface area contributed by atoms with Gasteiger partial charge in [-0.15, -0.1) is 0 Å². The molecular formula is C47H95N27O9. The molecule has 0 aromatic heterocycles. The maximum atomic E-state index is 14.5. The smallest absolute Gasteiger partial charge is 0.243 e.